The van der Waals surface area contributed by atoms with Gasteiger partial charge in [0.1, 0.15) is 6.10 Å². The molecule has 4 heteroatoms. The van der Waals surface area contributed by atoms with Gasteiger partial charge in [0.05, 0.1) is 0 Å². The maximum absolute atomic E-state index is 12.2. The minimum atomic E-state index is -0.723. The zero-order valence-corrected chi connectivity index (χ0v) is 13.2. The minimum absolute atomic E-state index is 0.364. The summed E-state index contributed by atoms with van der Waals surface area (Å²) >= 11 is 0. The maximum atomic E-state index is 12.2. The second-order valence-corrected chi connectivity index (χ2v) is 5.62. The van der Waals surface area contributed by atoms with Gasteiger partial charge in [-0.2, -0.15) is 0 Å². The van der Waals surface area contributed by atoms with Crippen LogP contribution in [0.2, 0.25) is 0 Å². The van der Waals surface area contributed by atoms with Crippen LogP contribution in [0.15, 0.2) is 60.7 Å². The first-order valence-corrected chi connectivity index (χ1v) is 7.93. The lowest BCUT2D eigenvalue weighted by atomic mass is 9.99. The third-order valence-electron chi connectivity index (χ3n) is 4.09. The van der Waals surface area contributed by atoms with Gasteiger partial charge in [0.15, 0.2) is 11.5 Å². The van der Waals surface area contributed by atoms with Gasteiger partial charge in [0, 0.05) is 5.56 Å². The summed E-state index contributed by atoms with van der Waals surface area (Å²) in [4.78, 5) is 12.2. The molecule has 1 atom stereocenters. The van der Waals surface area contributed by atoms with Crippen molar-refractivity contribution in [2.24, 2.45) is 0 Å². The van der Waals surface area contributed by atoms with Gasteiger partial charge in [-0.1, -0.05) is 55.5 Å². The molecular weight excluding hydrogens is 304 g/mol. The molecule has 0 amide bonds. The standard InChI is InChI=1S/C20H16O4/c1-2-16(15-10-5-8-13-7-3-4-9-14(13)15)23-20(21)24-18-12-6-11-17-19(18)22-17/h3-12,16H,2H2,1H3. The van der Waals surface area contributed by atoms with E-state index in [0.717, 1.165) is 22.1 Å². The van der Waals surface area contributed by atoms with Crippen LogP contribution in [-0.4, -0.2) is 6.16 Å². The Bertz CT molecular complexity index is 911. The average molecular weight is 320 g/mol. The van der Waals surface area contributed by atoms with E-state index in [4.69, 9.17) is 14.2 Å². The molecule has 0 spiro atoms. The fraction of sp³-hybridized carbons (Fsp3) is 0.150. The van der Waals surface area contributed by atoms with Gasteiger partial charge in [-0.25, -0.2) is 4.79 Å². The fourth-order valence-corrected chi connectivity index (χ4v) is 2.87. The normalized spacial score (nSPS) is 12.9. The quantitative estimate of drug-likeness (QED) is 0.278. The van der Waals surface area contributed by atoms with E-state index < -0.39 is 6.16 Å². The van der Waals surface area contributed by atoms with Gasteiger partial charge in [-0.3, -0.25) is 0 Å². The number of carbonyl (C=O) groups is 1. The Hall–Kier alpha value is -3.01. The summed E-state index contributed by atoms with van der Waals surface area (Å²) in [6, 6.07) is 19.3. The zero-order valence-electron chi connectivity index (χ0n) is 13.2. The molecule has 1 aliphatic heterocycles. The lowest BCUT2D eigenvalue weighted by molar-refractivity contribution is 0.0566. The van der Waals surface area contributed by atoms with Crippen molar-refractivity contribution in [2.45, 2.75) is 19.4 Å². The lowest BCUT2D eigenvalue weighted by Gasteiger charge is -2.18. The van der Waals surface area contributed by atoms with Crippen molar-refractivity contribution in [3.05, 3.63) is 66.2 Å². The fourth-order valence-electron chi connectivity index (χ4n) is 2.87. The van der Waals surface area contributed by atoms with Crippen molar-refractivity contribution in [3.63, 3.8) is 0 Å². The summed E-state index contributed by atoms with van der Waals surface area (Å²) in [5.74, 6) is 1.74. The van der Waals surface area contributed by atoms with Crippen molar-refractivity contribution in [1.82, 2.24) is 0 Å². The predicted octanol–water partition coefficient (Wildman–Crippen LogP) is 5.61. The van der Waals surface area contributed by atoms with Crippen LogP contribution >= 0.6 is 0 Å². The van der Waals surface area contributed by atoms with Crippen LogP contribution in [0.5, 0.6) is 17.2 Å². The average Bonchev–Trinajstić information content (AvgIpc) is 3.40. The SMILES string of the molecule is CCC(OC(=O)Oc1cccc2c1O2)c1cccc2ccccc12. The first kappa shape index (κ1) is 14.6. The number of benzene rings is 3. The molecule has 0 saturated carbocycles. The van der Waals surface area contributed by atoms with Crippen LogP contribution < -0.4 is 9.47 Å². The van der Waals surface area contributed by atoms with E-state index in [1.165, 1.54) is 0 Å². The first-order chi connectivity index (χ1) is 11.8. The maximum Gasteiger partial charge on any atom is 0.514 e. The zero-order chi connectivity index (χ0) is 16.5. The van der Waals surface area contributed by atoms with Crippen LogP contribution in [0, 0.1) is 0 Å². The third kappa shape index (κ3) is 2.67. The molecule has 24 heavy (non-hydrogen) atoms. The summed E-state index contributed by atoms with van der Waals surface area (Å²) in [7, 11) is 0. The molecule has 0 N–H and O–H groups in total. The summed E-state index contributed by atoms with van der Waals surface area (Å²) in [5, 5.41) is 2.20. The second kappa shape index (κ2) is 5.89. The molecule has 1 aliphatic rings. The first-order valence-electron chi connectivity index (χ1n) is 7.93. The molecule has 120 valence electrons. The van der Waals surface area contributed by atoms with E-state index in [9.17, 15) is 4.79 Å². The van der Waals surface area contributed by atoms with Gasteiger partial charge < -0.3 is 14.2 Å². The monoisotopic (exact) mass is 320 g/mol. The number of ether oxygens (including phenoxy) is 3. The second-order valence-electron chi connectivity index (χ2n) is 5.62. The number of hydrogen-bond donors (Lipinski definition) is 0. The number of rotatable bonds is 4. The van der Waals surface area contributed by atoms with E-state index in [0.29, 0.717) is 17.9 Å². The van der Waals surface area contributed by atoms with Crippen LogP contribution in [-0.2, 0) is 4.74 Å². The minimum Gasteiger partial charge on any atom is -0.445 e. The summed E-state index contributed by atoms with van der Waals surface area (Å²) in [6.45, 7) is 1.98. The van der Waals surface area contributed by atoms with Gasteiger partial charge in [0.25, 0.3) is 0 Å². The molecule has 0 fully saturated rings. The van der Waals surface area contributed by atoms with Gasteiger partial charge >= 0.3 is 6.16 Å². The van der Waals surface area contributed by atoms with Crippen LogP contribution in [0.25, 0.3) is 10.8 Å². The Morgan fingerprint density at radius 3 is 2.71 bits per heavy atom. The lowest BCUT2D eigenvalue weighted by Crippen LogP contribution is -2.15. The Morgan fingerprint density at radius 2 is 1.83 bits per heavy atom. The van der Waals surface area contributed by atoms with E-state index in [-0.39, 0.29) is 6.10 Å². The highest BCUT2D eigenvalue weighted by molar-refractivity contribution is 5.86. The van der Waals surface area contributed by atoms with E-state index >= 15 is 0 Å². The smallest absolute Gasteiger partial charge is 0.445 e. The number of para-hydroxylation sites is 1. The van der Waals surface area contributed by atoms with E-state index in [1.54, 1.807) is 12.1 Å². The molecule has 3 aromatic rings. The van der Waals surface area contributed by atoms with Crippen molar-refractivity contribution >= 4 is 16.9 Å². The highest BCUT2D eigenvalue weighted by Gasteiger charge is 2.28. The molecule has 4 nitrogen and oxygen atoms in total. The molecule has 1 heterocycles. The Morgan fingerprint density at radius 1 is 1.04 bits per heavy atom. The molecule has 0 bridgehead atoms. The largest absolute Gasteiger partial charge is 0.514 e. The van der Waals surface area contributed by atoms with E-state index in [1.807, 2.05) is 55.5 Å². The summed E-state index contributed by atoms with van der Waals surface area (Å²) < 4.78 is 16.0. The van der Waals surface area contributed by atoms with Crippen LogP contribution in [0.1, 0.15) is 25.0 Å². The summed E-state index contributed by atoms with van der Waals surface area (Å²) in [6.07, 6.45) is -0.428. The number of hydrogen-bond acceptors (Lipinski definition) is 4. The van der Waals surface area contributed by atoms with Crippen molar-refractivity contribution < 1.29 is 19.0 Å². The predicted molar refractivity (Wildman–Crippen MR) is 90.6 cm³/mol. The van der Waals surface area contributed by atoms with Crippen molar-refractivity contribution in [2.75, 3.05) is 0 Å². The van der Waals surface area contributed by atoms with Gasteiger partial charge in [0.2, 0.25) is 5.75 Å². The molecule has 0 saturated heterocycles. The van der Waals surface area contributed by atoms with E-state index in [2.05, 4.69) is 0 Å². The topological polar surface area (TPSA) is 48.1 Å². The third-order valence-corrected chi connectivity index (χ3v) is 4.09. The molecule has 3 aromatic carbocycles. The molecular formula is C20H16O4. The summed E-state index contributed by atoms with van der Waals surface area (Å²) in [5.41, 5.74) is 0.979. The van der Waals surface area contributed by atoms with Gasteiger partial charge in [-0.15, -0.1) is 0 Å². The highest BCUT2D eigenvalue weighted by atomic mass is 16.7. The molecule has 0 aliphatic carbocycles. The Balaban J connectivity index is 1.55. The highest BCUT2D eigenvalue weighted by Crippen LogP contribution is 2.52. The van der Waals surface area contributed by atoms with Crippen LogP contribution in [0.4, 0.5) is 4.79 Å². The Labute approximate surface area is 139 Å². The van der Waals surface area contributed by atoms with Gasteiger partial charge in [-0.05, 0) is 29.3 Å². The number of fused-ring (bicyclic) bond motifs is 2. The Kier molecular flexibility index (Phi) is 3.58. The molecule has 4 rings (SSSR count). The van der Waals surface area contributed by atoms with Crippen molar-refractivity contribution in [1.29, 1.82) is 0 Å². The molecule has 0 aromatic heterocycles. The van der Waals surface area contributed by atoms with Crippen molar-refractivity contribution in [3.8, 4) is 17.2 Å². The molecule has 1 unspecified atom stereocenters. The molecule has 0 radical (unpaired) electrons. The van der Waals surface area contributed by atoms with Crippen LogP contribution in [0.3, 0.4) is 0 Å². The number of carbonyl (C=O) groups excluding carboxylic acids is 1.